The molecule has 0 heterocycles. The van der Waals surface area contributed by atoms with Crippen LogP contribution in [0.4, 0.5) is 0 Å². The second-order valence-corrected chi connectivity index (χ2v) is 11.1. The van der Waals surface area contributed by atoms with Crippen LogP contribution < -0.4 is 0 Å². The molecule has 0 rings (SSSR count). The van der Waals surface area contributed by atoms with E-state index < -0.39 is 65.9 Å². The van der Waals surface area contributed by atoms with Gasteiger partial charge in [0.15, 0.2) is 0 Å². The molecule has 0 saturated heterocycles. The number of hydrogen-bond acceptors (Lipinski definition) is 12. The molecule has 0 spiro atoms. The summed E-state index contributed by atoms with van der Waals surface area (Å²) < 4.78 is 107. The van der Waals surface area contributed by atoms with Gasteiger partial charge in [0.05, 0.1) is 38.2 Å². The standard InChI is InChI=1S/C8H18O12S4/c1-21(9,10)17-5-7(19-23(3,13)14)8(20-24(4,15)16)6-18-22(2,11)12/h7-8H,5-6H2,1-4H3. The molecule has 16 heteroatoms. The van der Waals surface area contributed by atoms with E-state index in [1.54, 1.807) is 0 Å². The van der Waals surface area contributed by atoms with Crippen LogP contribution in [-0.2, 0) is 57.2 Å². The lowest BCUT2D eigenvalue weighted by Crippen LogP contribution is -2.42. The van der Waals surface area contributed by atoms with Crippen molar-refractivity contribution >= 4 is 40.5 Å². The van der Waals surface area contributed by atoms with Crippen molar-refractivity contribution in [2.24, 2.45) is 0 Å². The molecule has 24 heavy (non-hydrogen) atoms. The lowest BCUT2D eigenvalue weighted by molar-refractivity contribution is 0.00956. The predicted octanol–water partition coefficient (Wildman–Crippen LogP) is -2.37. The maximum Gasteiger partial charge on any atom is 0.264 e. The highest BCUT2D eigenvalue weighted by Gasteiger charge is 2.32. The minimum Gasteiger partial charge on any atom is -0.267 e. The molecule has 0 aliphatic carbocycles. The molecule has 0 amide bonds. The van der Waals surface area contributed by atoms with Gasteiger partial charge in [0, 0.05) is 0 Å². The fraction of sp³-hybridized carbons (Fsp3) is 1.00. The Hall–Kier alpha value is -0.360. The highest BCUT2D eigenvalue weighted by molar-refractivity contribution is 7.86. The van der Waals surface area contributed by atoms with Crippen LogP contribution in [0.25, 0.3) is 0 Å². The Bertz CT molecular complexity index is 747. The Kier molecular flexibility index (Phi) is 8.22. The zero-order valence-electron chi connectivity index (χ0n) is 13.1. The van der Waals surface area contributed by atoms with Crippen LogP contribution in [-0.4, -0.2) is 84.1 Å². The van der Waals surface area contributed by atoms with Crippen LogP contribution in [0.15, 0.2) is 0 Å². The minimum absolute atomic E-state index is 0.607. The van der Waals surface area contributed by atoms with Crippen LogP contribution in [0, 0.1) is 0 Å². The van der Waals surface area contributed by atoms with E-state index >= 15 is 0 Å². The first-order valence-corrected chi connectivity index (χ1v) is 13.1. The van der Waals surface area contributed by atoms with Crippen molar-refractivity contribution in [2.45, 2.75) is 12.2 Å². The van der Waals surface area contributed by atoms with Gasteiger partial charge < -0.3 is 0 Å². The second kappa shape index (κ2) is 8.35. The fourth-order valence-electron chi connectivity index (χ4n) is 1.22. The summed E-state index contributed by atoms with van der Waals surface area (Å²) >= 11 is 0. The van der Waals surface area contributed by atoms with Crippen LogP contribution >= 0.6 is 0 Å². The van der Waals surface area contributed by atoms with Crippen LogP contribution in [0.5, 0.6) is 0 Å². The van der Waals surface area contributed by atoms with E-state index in [1.807, 2.05) is 0 Å². The molecule has 0 saturated carbocycles. The number of hydrogen-bond donors (Lipinski definition) is 0. The maximum atomic E-state index is 11.2. The molecule has 0 radical (unpaired) electrons. The smallest absolute Gasteiger partial charge is 0.264 e. The van der Waals surface area contributed by atoms with Gasteiger partial charge in [0.1, 0.15) is 12.2 Å². The van der Waals surface area contributed by atoms with E-state index in [1.165, 1.54) is 0 Å². The average Bonchev–Trinajstić information content (AvgIpc) is 2.25. The highest BCUT2D eigenvalue weighted by atomic mass is 32.2. The van der Waals surface area contributed by atoms with Crippen molar-refractivity contribution in [3.63, 3.8) is 0 Å². The highest BCUT2D eigenvalue weighted by Crippen LogP contribution is 2.13. The summed E-state index contributed by atoms with van der Waals surface area (Å²) in [6.45, 7) is -1.92. The largest absolute Gasteiger partial charge is 0.267 e. The van der Waals surface area contributed by atoms with Crippen molar-refractivity contribution in [1.82, 2.24) is 0 Å². The number of rotatable bonds is 11. The van der Waals surface area contributed by atoms with Crippen LogP contribution in [0.1, 0.15) is 0 Å². The zero-order valence-corrected chi connectivity index (χ0v) is 16.4. The second-order valence-electron chi connectivity index (χ2n) is 4.65. The molecule has 0 fully saturated rings. The average molecular weight is 434 g/mol. The molecular weight excluding hydrogens is 416 g/mol. The van der Waals surface area contributed by atoms with Gasteiger partial charge in [0.25, 0.3) is 40.5 Å². The molecule has 0 N–H and O–H groups in total. The summed E-state index contributed by atoms with van der Waals surface area (Å²) in [6, 6.07) is 0. The lowest BCUT2D eigenvalue weighted by atomic mass is 10.2. The summed E-state index contributed by atoms with van der Waals surface area (Å²) in [6.07, 6.45) is -1.10. The first-order chi connectivity index (χ1) is 10.4. The van der Waals surface area contributed by atoms with Crippen LogP contribution in [0.2, 0.25) is 0 Å². The third-order valence-corrected chi connectivity index (χ3v) is 4.23. The van der Waals surface area contributed by atoms with Crippen molar-refractivity contribution in [1.29, 1.82) is 0 Å². The lowest BCUT2D eigenvalue weighted by Gasteiger charge is -2.24. The van der Waals surface area contributed by atoms with E-state index in [9.17, 15) is 33.7 Å². The Balaban J connectivity index is 5.57. The molecule has 0 aliphatic heterocycles. The van der Waals surface area contributed by atoms with E-state index in [4.69, 9.17) is 0 Å². The SMILES string of the molecule is CS(=O)(=O)OCC(OS(C)(=O)=O)C(COS(C)(=O)=O)OS(C)(=O)=O. The monoisotopic (exact) mass is 434 g/mol. The van der Waals surface area contributed by atoms with Crippen molar-refractivity contribution in [3.8, 4) is 0 Å². The van der Waals surface area contributed by atoms with Gasteiger partial charge in [-0.3, -0.25) is 16.7 Å². The summed E-state index contributed by atoms with van der Waals surface area (Å²) in [7, 11) is -16.5. The van der Waals surface area contributed by atoms with Gasteiger partial charge in [-0.05, 0) is 0 Å². The van der Waals surface area contributed by atoms with E-state index in [-0.39, 0.29) is 0 Å². The molecule has 0 aromatic rings. The minimum atomic E-state index is -4.20. The summed E-state index contributed by atoms with van der Waals surface area (Å²) in [5.74, 6) is 0. The van der Waals surface area contributed by atoms with E-state index in [2.05, 4.69) is 16.7 Å². The van der Waals surface area contributed by atoms with Crippen LogP contribution in [0.3, 0.4) is 0 Å². The van der Waals surface area contributed by atoms with Gasteiger partial charge in [-0.25, -0.2) is 0 Å². The predicted molar refractivity (Wildman–Crippen MR) is 81.0 cm³/mol. The normalized spacial score (nSPS) is 16.7. The van der Waals surface area contributed by atoms with Gasteiger partial charge >= 0.3 is 0 Å². The van der Waals surface area contributed by atoms with E-state index in [0.29, 0.717) is 25.0 Å². The maximum absolute atomic E-state index is 11.2. The zero-order chi connectivity index (χ0) is 19.4. The van der Waals surface area contributed by atoms with Crippen molar-refractivity contribution < 1.29 is 50.4 Å². The van der Waals surface area contributed by atoms with E-state index in [0.717, 1.165) is 0 Å². The molecule has 0 aliphatic rings. The van der Waals surface area contributed by atoms with Crippen molar-refractivity contribution in [3.05, 3.63) is 0 Å². The van der Waals surface area contributed by atoms with Gasteiger partial charge in [-0.15, -0.1) is 0 Å². The van der Waals surface area contributed by atoms with Gasteiger partial charge in [-0.2, -0.15) is 33.7 Å². The fourth-order valence-corrected chi connectivity index (χ4v) is 3.24. The summed E-state index contributed by atoms with van der Waals surface area (Å²) in [5.41, 5.74) is 0. The molecule has 0 aromatic carbocycles. The molecule has 2 atom stereocenters. The molecule has 12 nitrogen and oxygen atoms in total. The first-order valence-electron chi connectivity index (χ1n) is 5.83. The topological polar surface area (TPSA) is 173 Å². The summed E-state index contributed by atoms with van der Waals surface area (Å²) in [4.78, 5) is 0. The molecule has 146 valence electrons. The van der Waals surface area contributed by atoms with Gasteiger partial charge in [-0.1, -0.05) is 0 Å². The Labute approximate surface area is 141 Å². The summed E-state index contributed by atoms with van der Waals surface area (Å²) in [5, 5.41) is 0. The third-order valence-electron chi connectivity index (χ3n) is 1.90. The Morgan fingerprint density at radius 2 is 0.792 bits per heavy atom. The van der Waals surface area contributed by atoms with Crippen molar-refractivity contribution in [2.75, 3.05) is 38.2 Å². The molecule has 0 aromatic heterocycles. The third kappa shape index (κ3) is 14.0. The molecule has 0 bridgehead atoms. The Morgan fingerprint density at radius 1 is 0.542 bits per heavy atom. The first kappa shape index (κ1) is 23.6. The Morgan fingerprint density at radius 3 is 0.958 bits per heavy atom. The van der Waals surface area contributed by atoms with Gasteiger partial charge in [0.2, 0.25) is 0 Å². The molecular formula is C8H18O12S4. The quantitative estimate of drug-likeness (QED) is 0.317. The molecule has 2 unspecified atom stereocenters.